The van der Waals surface area contributed by atoms with Crippen molar-refractivity contribution in [3.63, 3.8) is 0 Å². The highest BCUT2D eigenvalue weighted by molar-refractivity contribution is 5.98. The van der Waals surface area contributed by atoms with E-state index in [-0.39, 0.29) is 29.6 Å². The normalized spacial score (nSPS) is 15.6. The second kappa shape index (κ2) is 5.40. The SMILES string of the molecule is O=C1CN(C(=O)c2cc3ccccc3c(=O)[nH]2)CCCN1. The fourth-order valence-corrected chi connectivity index (χ4v) is 2.48. The van der Waals surface area contributed by atoms with Crippen molar-refractivity contribution < 1.29 is 9.59 Å². The second-order valence-corrected chi connectivity index (χ2v) is 5.03. The molecule has 6 nitrogen and oxygen atoms in total. The monoisotopic (exact) mass is 285 g/mol. The number of nitrogens with zero attached hydrogens (tertiary/aromatic N) is 1. The van der Waals surface area contributed by atoms with E-state index in [1.807, 2.05) is 6.07 Å². The topological polar surface area (TPSA) is 82.3 Å². The first-order valence-corrected chi connectivity index (χ1v) is 6.83. The Morgan fingerprint density at radius 2 is 2.00 bits per heavy atom. The van der Waals surface area contributed by atoms with Gasteiger partial charge in [-0.15, -0.1) is 0 Å². The summed E-state index contributed by atoms with van der Waals surface area (Å²) >= 11 is 0. The van der Waals surface area contributed by atoms with Crippen LogP contribution in [0, 0.1) is 0 Å². The van der Waals surface area contributed by atoms with Gasteiger partial charge in [-0.2, -0.15) is 0 Å². The first-order valence-electron chi connectivity index (χ1n) is 6.83. The molecule has 1 aliphatic rings. The van der Waals surface area contributed by atoms with Gasteiger partial charge >= 0.3 is 0 Å². The summed E-state index contributed by atoms with van der Waals surface area (Å²) in [5.74, 6) is -0.501. The highest BCUT2D eigenvalue weighted by atomic mass is 16.2. The Hall–Kier alpha value is -2.63. The van der Waals surface area contributed by atoms with Crippen LogP contribution in [0.5, 0.6) is 0 Å². The molecule has 2 aromatic rings. The number of carbonyl (C=O) groups excluding carboxylic acids is 2. The summed E-state index contributed by atoms with van der Waals surface area (Å²) in [5, 5.41) is 3.97. The fraction of sp³-hybridized carbons (Fsp3) is 0.267. The Balaban J connectivity index is 1.97. The lowest BCUT2D eigenvalue weighted by atomic mass is 10.1. The molecule has 2 amide bonds. The van der Waals surface area contributed by atoms with E-state index in [2.05, 4.69) is 10.3 Å². The van der Waals surface area contributed by atoms with Crippen molar-refractivity contribution in [1.29, 1.82) is 0 Å². The quantitative estimate of drug-likeness (QED) is 0.800. The van der Waals surface area contributed by atoms with Crippen LogP contribution in [-0.4, -0.2) is 41.3 Å². The van der Waals surface area contributed by atoms with Gasteiger partial charge in [-0.1, -0.05) is 18.2 Å². The number of pyridine rings is 1. The van der Waals surface area contributed by atoms with Crippen LogP contribution in [0.1, 0.15) is 16.9 Å². The Labute approximate surface area is 120 Å². The fourth-order valence-electron chi connectivity index (χ4n) is 2.48. The number of hydrogen-bond donors (Lipinski definition) is 2. The van der Waals surface area contributed by atoms with Crippen LogP contribution in [0.15, 0.2) is 35.1 Å². The van der Waals surface area contributed by atoms with E-state index in [9.17, 15) is 14.4 Å². The molecule has 3 rings (SSSR count). The summed E-state index contributed by atoms with van der Waals surface area (Å²) in [6.07, 6.45) is 0.704. The summed E-state index contributed by atoms with van der Waals surface area (Å²) in [5.41, 5.74) is -0.0795. The van der Waals surface area contributed by atoms with Crippen LogP contribution in [-0.2, 0) is 4.79 Å². The molecule has 1 saturated heterocycles. The van der Waals surface area contributed by atoms with E-state index >= 15 is 0 Å². The Bertz CT molecular complexity index is 766. The third kappa shape index (κ3) is 2.65. The molecule has 6 heteroatoms. The lowest BCUT2D eigenvalue weighted by molar-refractivity contribution is -0.121. The van der Waals surface area contributed by atoms with Crippen LogP contribution >= 0.6 is 0 Å². The van der Waals surface area contributed by atoms with Gasteiger partial charge in [0.15, 0.2) is 0 Å². The van der Waals surface area contributed by atoms with Crippen molar-refractivity contribution in [2.24, 2.45) is 0 Å². The van der Waals surface area contributed by atoms with Crippen LogP contribution in [0.25, 0.3) is 10.8 Å². The zero-order valence-corrected chi connectivity index (χ0v) is 11.4. The molecule has 2 N–H and O–H groups in total. The number of rotatable bonds is 1. The zero-order chi connectivity index (χ0) is 14.8. The minimum Gasteiger partial charge on any atom is -0.354 e. The van der Waals surface area contributed by atoms with E-state index in [4.69, 9.17) is 0 Å². The van der Waals surface area contributed by atoms with Gasteiger partial charge in [0.1, 0.15) is 5.69 Å². The van der Waals surface area contributed by atoms with E-state index < -0.39 is 0 Å². The van der Waals surface area contributed by atoms with Crippen molar-refractivity contribution in [3.05, 3.63) is 46.4 Å². The number of aromatic amines is 1. The van der Waals surface area contributed by atoms with Crippen LogP contribution in [0.4, 0.5) is 0 Å². The third-order valence-electron chi connectivity index (χ3n) is 3.53. The second-order valence-electron chi connectivity index (χ2n) is 5.03. The van der Waals surface area contributed by atoms with Gasteiger partial charge < -0.3 is 15.2 Å². The predicted octanol–water partition coefficient (Wildman–Crippen LogP) is 0.490. The van der Waals surface area contributed by atoms with Crippen molar-refractivity contribution in [2.75, 3.05) is 19.6 Å². The highest BCUT2D eigenvalue weighted by Crippen LogP contribution is 2.12. The molecule has 0 aliphatic carbocycles. The number of hydrogen-bond acceptors (Lipinski definition) is 3. The maximum Gasteiger partial charge on any atom is 0.270 e. The van der Waals surface area contributed by atoms with E-state index in [0.29, 0.717) is 30.3 Å². The molecule has 1 aliphatic heterocycles. The average Bonchev–Trinajstić information content (AvgIpc) is 2.71. The Kier molecular flexibility index (Phi) is 3.43. The van der Waals surface area contributed by atoms with Gasteiger partial charge in [-0.3, -0.25) is 14.4 Å². The van der Waals surface area contributed by atoms with Crippen molar-refractivity contribution in [3.8, 4) is 0 Å². The molecule has 0 atom stereocenters. The highest BCUT2D eigenvalue weighted by Gasteiger charge is 2.22. The van der Waals surface area contributed by atoms with Gasteiger partial charge in [0.05, 0.1) is 6.54 Å². The zero-order valence-electron chi connectivity index (χ0n) is 11.4. The van der Waals surface area contributed by atoms with Gasteiger partial charge in [0, 0.05) is 18.5 Å². The van der Waals surface area contributed by atoms with Crippen molar-refractivity contribution >= 4 is 22.6 Å². The maximum atomic E-state index is 12.5. The largest absolute Gasteiger partial charge is 0.354 e. The molecule has 1 fully saturated rings. The molecule has 0 bridgehead atoms. The number of benzene rings is 1. The van der Waals surface area contributed by atoms with Crippen LogP contribution < -0.4 is 10.9 Å². The molecule has 1 aromatic heterocycles. The smallest absolute Gasteiger partial charge is 0.270 e. The number of nitrogens with one attached hydrogen (secondary N) is 2. The Morgan fingerprint density at radius 3 is 2.86 bits per heavy atom. The molecule has 0 radical (unpaired) electrons. The molecule has 108 valence electrons. The summed E-state index contributed by atoms with van der Waals surface area (Å²) in [7, 11) is 0. The molecular weight excluding hydrogens is 270 g/mol. The summed E-state index contributed by atoms with van der Waals surface area (Å²) in [6, 6.07) is 8.74. The average molecular weight is 285 g/mol. The lowest BCUT2D eigenvalue weighted by Gasteiger charge is -2.18. The first-order chi connectivity index (χ1) is 10.1. The molecule has 0 spiro atoms. The Morgan fingerprint density at radius 1 is 1.19 bits per heavy atom. The number of aromatic nitrogens is 1. The van der Waals surface area contributed by atoms with Crippen molar-refractivity contribution in [2.45, 2.75) is 6.42 Å². The van der Waals surface area contributed by atoms with Gasteiger partial charge in [-0.05, 0) is 23.9 Å². The standard InChI is InChI=1S/C15H15N3O3/c19-13-9-18(7-3-6-16-13)15(21)12-8-10-4-1-2-5-11(10)14(20)17-12/h1-2,4-5,8H,3,6-7,9H2,(H,16,19)(H,17,20). The van der Waals surface area contributed by atoms with E-state index in [1.54, 1.807) is 24.3 Å². The van der Waals surface area contributed by atoms with E-state index in [0.717, 1.165) is 0 Å². The minimum atomic E-state index is -0.324. The van der Waals surface area contributed by atoms with Crippen LogP contribution in [0.3, 0.4) is 0 Å². The summed E-state index contributed by atoms with van der Waals surface area (Å²) in [4.78, 5) is 40.1. The molecule has 1 aromatic carbocycles. The van der Waals surface area contributed by atoms with Crippen LogP contribution in [0.2, 0.25) is 0 Å². The number of H-pyrrole nitrogens is 1. The molecule has 21 heavy (non-hydrogen) atoms. The first kappa shape index (κ1) is 13.4. The van der Waals surface area contributed by atoms with Crippen molar-refractivity contribution in [1.82, 2.24) is 15.2 Å². The predicted molar refractivity (Wildman–Crippen MR) is 78.1 cm³/mol. The van der Waals surface area contributed by atoms with Gasteiger partial charge in [0.25, 0.3) is 11.5 Å². The minimum absolute atomic E-state index is 0.0215. The summed E-state index contributed by atoms with van der Waals surface area (Å²) in [6.45, 7) is 1.08. The molecular formula is C15H15N3O3. The molecule has 2 heterocycles. The molecule has 0 unspecified atom stereocenters. The van der Waals surface area contributed by atoms with Gasteiger partial charge in [-0.25, -0.2) is 0 Å². The molecule has 0 saturated carbocycles. The maximum absolute atomic E-state index is 12.5. The lowest BCUT2D eigenvalue weighted by Crippen LogP contribution is -2.38. The van der Waals surface area contributed by atoms with Gasteiger partial charge in [0.2, 0.25) is 5.91 Å². The number of amides is 2. The number of carbonyl (C=O) groups is 2. The van der Waals surface area contributed by atoms with E-state index in [1.165, 1.54) is 4.90 Å². The summed E-state index contributed by atoms with van der Waals surface area (Å²) < 4.78 is 0. The number of fused-ring (bicyclic) bond motifs is 1. The third-order valence-corrected chi connectivity index (χ3v) is 3.53.